The number of nitrogens with zero attached hydrogens (tertiary/aromatic N) is 4. The number of hydrogen-bond acceptors (Lipinski definition) is 2. The molecule has 0 atom stereocenters. The monoisotopic (exact) mass is 1700 g/mol. The van der Waals surface area contributed by atoms with Crippen molar-refractivity contribution in [1.29, 1.82) is 0 Å². The van der Waals surface area contributed by atoms with Crippen molar-refractivity contribution in [3.8, 4) is 55.9 Å². The molecule has 0 amide bonds. The van der Waals surface area contributed by atoms with Crippen molar-refractivity contribution in [1.82, 2.24) is 9.13 Å². The first-order chi connectivity index (χ1) is 64.8. The van der Waals surface area contributed by atoms with Gasteiger partial charge in [-0.25, -0.2) is 0 Å². The first kappa shape index (κ1) is 75.0. The van der Waals surface area contributed by atoms with Gasteiger partial charge in [-0.15, -0.1) is 0 Å². The highest BCUT2D eigenvalue weighted by Gasteiger charge is 2.47. The summed E-state index contributed by atoms with van der Waals surface area (Å²) in [6.07, 6.45) is 1.56. The van der Waals surface area contributed by atoms with Gasteiger partial charge in [-0.3, -0.25) is 0 Å². The quantitative estimate of drug-likeness (QED) is 0.0845. The van der Waals surface area contributed by atoms with Crippen LogP contribution < -0.4 is 26.2 Å². The molecule has 17 rings (SSSR count). The van der Waals surface area contributed by atoms with Gasteiger partial charge >= 0.3 is 0 Å². The van der Waals surface area contributed by atoms with Crippen molar-refractivity contribution in [2.24, 2.45) is 48.7 Å². The van der Waals surface area contributed by atoms with Crippen molar-refractivity contribution >= 4 is 101 Å². The van der Waals surface area contributed by atoms with Gasteiger partial charge in [0.25, 0.3) is 6.71 Å². The first-order valence-electron chi connectivity index (χ1n) is 52.7. The van der Waals surface area contributed by atoms with Crippen LogP contribution in [0.25, 0.3) is 99.5 Å². The Morgan fingerprint density at radius 2 is 0.539 bits per heavy atom. The van der Waals surface area contributed by atoms with Gasteiger partial charge in [0.2, 0.25) is 0 Å². The van der Waals surface area contributed by atoms with Crippen molar-refractivity contribution in [3.05, 3.63) is 305 Å². The second kappa shape index (κ2) is 32.6. The van der Waals surface area contributed by atoms with Crippen molar-refractivity contribution in [2.75, 3.05) is 9.80 Å². The number of benzene rings is 13. The maximum absolute atomic E-state index is 10.3. The van der Waals surface area contributed by atoms with Crippen molar-refractivity contribution < 1.29 is 16.4 Å². The molecule has 128 heavy (non-hydrogen) atoms. The molecule has 656 valence electrons. The fourth-order valence-corrected chi connectivity index (χ4v) is 20.5. The van der Waals surface area contributed by atoms with Gasteiger partial charge in [-0.2, -0.15) is 0 Å². The highest BCUT2D eigenvalue weighted by molar-refractivity contribution is 7.00. The standard InChI is InChI=1S/C123H141BN4/c1-115(2,3)70-79-36-32-40-88(56-79)96-62-85(76-121(19,20)21)63-97(89-41-33-37-80(57-89)71-116(4,5)6)113(96)127-108-68-92(125-104-46-30-28-44-94(104)100-60-83(48-54-106(100)125)74-119(13,14)15)50-52-102(108)124-103-53-51-93(126-105-47-31-29-45-95(105)101-61-84(49-55-107(101)126)75-120(16,17)18)69-109(103)128(111-67-87(78-123(25,26)27)66-110(127)112(111)124)114-98(90-42-34-38-81(58-90)72-117(7,8)9)64-86(77-122(22,23)24)65-99(114)91-43-35-39-82(59-91)73-118(10,11)12/h28-69H,70-78H2,1-27H3/i28D,29D,30D,31D,44D,45D,46D,47D,74D2,75D2. The molecule has 0 radical (unpaired) electrons. The number of hydrogen-bond donors (Lipinski definition) is 0. The van der Waals surface area contributed by atoms with Crippen LogP contribution in [0.2, 0.25) is 0 Å². The van der Waals surface area contributed by atoms with Crippen LogP contribution in [0.5, 0.6) is 0 Å². The molecule has 5 heteroatoms. The fraction of sp³-hybridized carbons (Fsp3) is 0.366. The number of anilines is 6. The largest absolute Gasteiger partial charge is 0.310 e. The predicted octanol–water partition coefficient (Wildman–Crippen LogP) is 32.9. The summed E-state index contributed by atoms with van der Waals surface area (Å²) in [5.74, 6) is 0. The van der Waals surface area contributed by atoms with Gasteiger partial charge in [0.1, 0.15) is 0 Å². The van der Waals surface area contributed by atoms with E-state index in [1.54, 1.807) is 0 Å². The summed E-state index contributed by atoms with van der Waals surface area (Å²) in [4.78, 5) is 5.19. The Bertz CT molecular complexity index is 6930. The molecule has 4 heterocycles. The predicted molar refractivity (Wildman–Crippen MR) is 559 cm³/mol. The van der Waals surface area contributed by atoms with E-state index < -0.39 is 42.4 Å². The third kappa shape index (κ3) is 19.1. The van der Waals surface area contributed by atoms with Gasteiger partial charge in [-0.1, -0.05) is 345 Å². The zero-order valence-electron chi connectivity index (χ0n) is 93.4. The minimum absolute atomic E-state index is 0.0840. The van der Waals surface area contributed by atoms with Crippen molar-refractivity contribution in [3.63, 3.8) is 0 Å². The van der Waals surface area contributed by atoms with Crippen LogP contribution in [0, 0.1) is 48.7 Å². The van der Waals surface area contributed by atoms with Crippen LogP contribution in [-0.4, -0.2) is 15.8 Å². The van der Waals surface area contributed by atoms with Gasteiger partial charge in [0.05, 0.1) is 44.4 Å². The lowest BCUT2D eigenvalue weighted by atomic mass is 9.33. The molecular formula is C123H141BN4. The van der Waals surface area contributed by atoms with Crippen LogP contribution in [0.4, 0.5) is 34.1 Å². The van der Waals surface area contributed by atoms with Gasteiger partial charge < -0.3 is 18.9 Å². The molecule has 0 saturated heterocycles. The van der Waals surface area contributed by atoms with Crippen LogP contribution in [0.1, 0.15) is 253 Å². The lowest BCUT2D eigenvalue weighted by Crippen LogP contribution is -2.61. The number of rotatable bonds is 17. The minimum atomic E-state index is -1.88. The summed E-state index contributed by atoms with van der Waals surface area (Å²) in [5.41, 5.74) is 25.6. The molecule has 0 fully saturated rings. The van der Waals surface area contributed by atoms with Crippen LogP contribution in [0.15, 0.2) is 255 Å². The van der Waals surface area contributed by atoms with E-state index in [9.17, 15) is 16.4 Å². The zero-order valence-corrected chi connectivity index (χ0v) is 81.4. The number of aromatic nitrogens is 2. The van der Waals surface area contributed by atoms with E-state index in [1.807, 2.05) is 87.1 Å². The number of fused-ring (bicyclic) bond motifs is 10. The summed E-state index contributed by atoms with van der Waals surface area (Å²) < 4.78 is 122. The van der Waals surface area contributed by atoms with E-state index in [4.69, 9.17) is 0 Å². The average Bonchev–Trinajstić information content (AvgIpc) is 0.814. The molecule has 15 aromatic rings. The van der Waals surface area contributed by atoms with Gasteiger partial charge in [0, 0.05) is 83.4 Å². The lowest BCUT2D eigenvalue weighted by Gasteiger charge is -2.46. The molecule has 2 aliphatic heterocycles. The van der Waals surface area contributed by atoms with Crippen molar-refractivity contribution in [2.45, 2.75) is 245 Å². The average molecular weight is 1700 g/mol. The molecular weight excluding hydrogens is 1540 g/mol. The van der Waals surface area contributed by atoms with E-state index >= 15 is 0 Å². The second-order valence-electron chi connectivity index (χ2n) is 48.0. The molecule has 0 spiro atoms. The Balaban J connectivity index is 1.12. The summed E-state index contributed by atoms with van der Waals surface area (Å²) in [6.45, 7) is 59.2. The summed E-state index contributed by atoms with van der Waals surface area (Å²) in [6, 6.07) is 73.6. The Labute approximate surface area is 785 Å². The van der Waals surface area contributed by atoms with E-state index in [0.717, 1.165) is 139 Å². The Hall–Kier alpha value is -10.9. The lowest BCUT2D eigenvalue weighted by molar-refractivity contribution is 0.410. The maximum atomic E-state index is 10.3. The Morgan fingerprint density at radius 3 is 0.836 bits per heavy atom. The molecule has 0 aliphatic carbocycles. The number of para-hydroxylation sites is 2. The smallest absolute Gasteiger partial charge is 0.252 e. The molecule has 0 saturated carbocycles. The van der Waals surface area contributed by atoms with E-state index in [-0.39, 0.29) is 96.0 Å². The first-order valence-corrected chi connectivity index (χ1v) is 46.7. The van der Waals surface area contributed by atoms with Gasteiger partial charge in [0.15, 0.2) is 0 Å². The molecule has 2 aliphatic rings. The van der Waals surface area contributed by atoms with Crippen LogP contribution in [-0.2, 0) is 57.7 Å². The van der Waals surface area contributed by atoms with Crippen LogP contribution >= 0.6 is 0 Å². The summed E-state index contributed by atoms with van der Waals surface area (Å²) in [7, 11) is 0. The highest BCUT2D eigenvalue weighted by Crippen LogP contribution is 2.56. The zero-order chi connectivity index (χ0) is 102. The summed E-state index contributed by atoms with van der Waals surface area (Å²) >= 11 is 0. The van der Waals surface area contributed by atoms with Gasteiger partial charge in [-0.05, 0) is 292 Å². The van der Waals surface area contributed by atoms with E-state index in [2.05, 4.69) is 325 Å². The fourth-order valence-electron chi connectivity index (χ4n) is 20.5. The molecule has 4 nitrogen and oxygen atoms in total. The second-order valence-corrected chi connectivity index (χ2v) is 48.0. The Morgan fingerprint density at radius 1 is 0.250 bits per heavy atom. The normalized spacial score (nSPS) is 15.2. The molecule has 0 N–H and O–H groups in total. The molecule has 0 bridgehead atoms. The highest BCUT2D eigenvalue weighted by atomic mass is 15.2. The van der Waals surface area contributed by atoms with E-state index in [1.165, 1.54) is 33.4 Å². The SMILES string of the molecule is [2H]c1c([2H])c([2H])c2c(c1[2H])c1cc(C([2H])([2H])C(C)(C)C)ccc1n2-c1ccc2c(c1)N(c1c(-c3cccc(CC(C)(C)C)c3)cc(CC(C)(C)C)cc1-c1cccc(CC(C)(C)C)c1)c1cc(CC(C)(C)C)cc3c1B2c1ccc(-n2c4ccc(C([2H])([2H])C(C)(C)C)cc4c4c([2H])c([2H])c([2H])c([2H])c42)cc1N3c1c(-c2cccc(CC(C)(C)C)c2)cc(CC(C)(C)C)cc1-c1cccc(CC(C)(C)C)c1. The van der Waals surface area contributed by atoms with Crippen LogP contribution in [0.3, 0.4) is 0 Å². The maximum Gasteiger partial charge on any atom is 0.252 e. The summed E-state index contributed by atoms with van der Waals surface area (Å²) in [5, 5.41) is 1.56. The third-order valence-electron chi connectivity index (χ3n) is 24.3. The molecule has 13 aromatic carbocycles. The topological polar surface area (TPSA) is 16.3 Å². The molecule has 2 aromatic heterocycles. The molecule has 0 unspecified atom stereocenters. The minimum Gasteiger partial charge on any atom is -0.310 e. The Kier molecular flexibility index (Phi) is 19.1. The van der Waals surface area contributed by atoms with E-state index in [0.29, 0.717) is 50.7 Å². The third-order valence-corrected chi connectivity index (χ3v) is 24.3.